The average Bonchev–Trinajstić information content (AvgIpc) is 2.73. The van der Waals surface area contributed by atoms with Crippen molar-refractivity contribution >= 4 is 0 Å². The maximum absolute atomic E-state index is 9.36. The molecule has 0 spiro atoms. The van der Waals surface area contributed by atoms with Crippen molar-refractivity contribution in [1.29, 1.82) is 0 Å². The Bertz CT molecular complexity index is 302. The molecule has 0 saturated heterocycles. The molecule has 0 radical (unpaired) electrons. The monoisotopic (exact) mass is 254 g/mol. The Kier molecular flexibility index (Phi) is 4.46. The summed E-state index contributed by atoms with van der Waals surface area (Å²) in [5.41, 5.74) is 1.27. The highest BCUT2D eigenvalue weighted by molar-refractivity contribution is 5.14. The maximum atomic E-state index is 9.36. The summed E-state index contributed by atoms with van der Waals surface area (Å²) in [5.74, 6) is 1.05. The van der Waals surface area contributed by atoms with E-state index in [0.717, 1.165) is 18.4 Å². The lowest BCUT2D eigenvalue weighted by molar-refractivity contribution is -0.125. The zero-order chi connectivity index (χ0) is 13.2. The number of aliphatic hydroxyl groups excluding tert-OH is 1. The molecule has 0 aromatic heterocycles. The first-order valence-electron chi connectivity index (χ1n) is 7.02. The average molecular weight is 254 g/mol. The van der Waals surface area contributed by atoms with E-state index >= 15 is 0 Å². The minimum absolute atomic E-state index is 0.122. The van der Waals surface area contributed by atoms with Crippen molar-refractivity contribution in [3.8, 4) is 0 Å². The summed E-state index contributed by atoms with van der Waals surface area (Å²) in [5, 5.41) is 9.36. The Hall–Kier alpha value is -0.380. The molecule has 0 aromatic rings. The third kappa shape index (κ3) is 2.36. The van der Waals surface area contributed by atoms with E-state index in [9.17, 15) is 5.11 Å². The second kappa shape index (κ2) is 5.72. The Morgan fingerprint density at radius 3 is 2.83 bits per heavy atom. The van der Waals surface area contributed by atoms with E-state index in [-0.39, 0.29) is 12.0 Å². The van der Waals surface area contributed by atoms with Crippen LogP contribution in [0.5, 0.6) is 0 Å². The van der Waals surface area contributed by atoms with Crippen LogP contribution in [-0.4, -0.2) is 31.7 Å². The number of rotatable bonds is 5. The topological polar surface area (TPSA) is 38.7 Å². The highest BCUT2D eigenvalue weighted by Crippen LogP contribution is 2.57. The molecule has 2 aliphatic carbocycles. The van der Waals surface area contributed by atoms with Crippen molar-refractivity contribution in [2.24, 2.45) is 17.3 Å². The summed E-state index contributed by atoms with van der Waals surface area (Å²) >= 11 is 0. The van der Waals surface area contributed by atoms with Crippen LogP contribution in [0.15, 0.2) is 12.2 Å². The smallest absolute Gasteiger partial charge is 0.146 e. The Balaban J connectivity index is 2.10. The van der Waals surface area contributed by atoms with Crippen molar-refractivity contribution < 1.29 is 14.6 Å². The predicted octanol–water partition coefficient (Wildman–Crippen LogP) is 2.74. The summed E-state index contributed by atoms with van der Waals surface area (Å²) in [4.78, 5) is 0. The molecule has 2 saturated carbocycles. The zero-order valence-corrected chi connectivity index (χ0v) is 11.7. The SMILES string of the molecule is C=C(CO)C1CCC2C(OCOC)CCCC12C. The normalized spacial score (nSPS) is 39.6. The van der Waals surface area contributed by atoms with Crippen molar-refractivity contribution in [2.45, 2.75) is 45.1 Å². The number of aliphatic hydroxyl groups is 1. The molecule has 3 heteroatoms. The quantitative estimate of drug-likeness (QED) is 0.605. The fourth-order valence-corrected chi connectivity index (χ4v) is 4.26. The lowest BCUT2D eigenvalue weighted by Crippen LogP contribution is -2.42. The lowest BCUT2D eigenvalue weighted by Gasteiger charge is -2.45. The molecule has 18 heavy (non-hydrogen) atoms. The van der Waals surface area contributed by atoms with Gasteiger partial charge in [-0.1, -0.05) is 19.9 Å². The van der Waals surface area contributed by atoms with Crippen LogP contribution in [0.4, 0.5) is 0 Å². The molecule has 3 nitrogen and oxygen atoms in total. The molecule has 2 fully saturated rings. The molecule has 4 unspecified atom stereocenters. The highest BCUT2D eigenvalue weighted by Gasteiger charge is 2.52. The number of hydrogen-bond donors (Lipinski definition) is 1. The summed E-state index contributed by atoms with van der Waals surface area (Å²) in [6.45, 7) is 6.94. The highest BCUT2D eigenvalue weighted by atomic mass is 16.7. The van der Waals surface area contributed by atoms with Crippen LogP contribution < -0.4 is 0 Å². The predicted molar refractivity (Wildman–Crippen MR) is 71.1 cm³/mol. The van der Waals surface area contributed by atoms with Crippen LogP contribution in [0, 0.1) is 17.3 Å². The van der Waals surface area contributed by atoms with Crippen LogP contribution in [0.1, 0.15) is 39.0 Å². The van der Waals surface area contributed by atoms with Crippen LogP contribution >= 0.6 is 0 Å². The fourth-order valence-electron chi connectivity index (χ4n) is 4.26. The van der Waals surface area contributed by atoms with Crippen molar-refractivity contribution in [1.82, 2.24) is 0 Å². The van der Waals surface area contributed by atoms with E-state index in [4.69, 9.17) is 9.47 Å². The Morgan fingerprint density at radius 2 is 2.17 bits per heavy atom. The van der Waals surface area contributed by atoms with Gasteiger partial charge in [0.05, 0.1) is 12.7 Å². The summed E-state index contributed by atoms with van der Waals surface area (Å²) in [7, 11) is 1.67. The number of methoxy groups -OCH3 is 1. The molecule has 0 amide bonds. The minimum Gasteiger partial charge on any atom is -0.392 e. The van der Waals surface area contributed by atoms with Gasteiger partial charge in [0.2, 0.25) is 0 Å². The van der Waals surface area contributed by atoms with Crippen LogP contribution in [-0.2, 0) is 9.47 Å². The van der Waals surface area contributed by atoms with Gasteiger partial charge in [-0.05, 0) is 48.5 Å². The minimum atomic E-state index is 0.122. The van der Waals surface area contributed by atoms with Crippen molar-refractivity contribution in [3.63, 3.8) is 0 Å². The first-order valence-corrected chi connectivity index (χ1v) is 7.02. The molecule has 4 atom stereocenters. The second-order valence-corrected chi connectivity index (χ2v) is 6.06. The van der Waals surface area contributed by atoms with E-state index in [2.05, 4.69) is 13.5 Å². The van der Waals surface area contributed by atoms with Crippen LogP contribution in [0.25, 0.3) is 0 Å². The van der Waals surface area contributed by atoms with Gasteiger partial charge in [-0.25, -0.2) is 0 Å². The van der Waals surface area contributed by atoms with Gasteiger partial charge in [-0.3, -0.25) is 0 Å². The fraction of sp³-hybridized carbons (Fsp3) is 0.867. The third-order valence-electron chi connectivity index (χ3n) is 5.16. The molecule has 0 heterocycles. The Morgan fingerprint density at radius 1 is 1.39 bits per heavy atom. The van der Waals surface area contributed by atoms with E-state index in [1.807, 2.05) is 0 Å². The Labute approximate surface area is 110 Å². The third-order valence-corrected chi connectivity index (χ3v) is 5.16. The van der Waals surface area contributed by atoms with Gasteiger partial charge in [0, 0.05) is 7.11 Å². The van der Waals surface area contributed by atoms with E-state index in [1.165, 1.54) is 19.3 Å². The standard InChI is InChI=1S/C15H26O3/c1-11(9-16)12-6-7-13-14(18-10-17-3)5-4-8-15(12,13)2/h12-14,16H,1,4-10H2,2-3H3. The van der Waals surface area contributed by atoms with Gasteiger partial charge in [-0.15, -0.1) is 0 Å². The van der Waals surface area contributed by atoms with E-state index in [0.29, 0.717) is 24.7 Å². The summed E-state index contributed by atoms with van der Waals surface area (Å²) in [6, 6.07) is 0. The number of ether oxygens (including phenoxy) is 2. The molecule has 0 aromatic carbocycles. The maximum Gasteiger partial charge on any atom is 0.146 e. The molecule has 2 aliphatic rings. The van der Waals surface area contributed by atoms with Crippen molar-refractivity contribution in [2.75, 3.05) is 20.5 Å². The molecule has 2 rings (SSSR count). The van der Waals surface area contributed by atoms with Gasteiger partial charge >= 0.3 is 0 Å². The molecule has 1 N–H and O–H groups in total. The van der Waals surface area contributed by atoms with Gasteiger partial charge < -0.3 is 14.6 Å². The molecular weight excluding hydrogens is 228 g/mol. The molecule has 104 valence electrons. The largest absolute Gasteiger partial charge is 0.392 e. The van der Waals surface area contributed by atoms with Crippen LogP contribution in [0.3, 0.4) is 0 Å². The summed E-state index contributed by atoms with van der Waals surface area (Å²) < 4.78 is 10.9. The van der Waals surface area contributed by atoms with E-state index < -0.39 is 0 Å². The zero-order valence-electron chi connectivity index (χ0n) is 11.7. The van der Waals surface area contributed by atoms with Gasteiger partial charge in [0.15, 0.2) is 0 Å². The van der Waals surface area contributed by atoms with Gasteiger partial charge in [0.1, 0.15) is 6.79 Å². The van der Waals surface area contributed by atoms with Gasteiger partial charge in [0.25, 0.3) is 0 Å². The van der Waals surface area contributed by atoms with E-state index in [1.54, 1.807) is 7.11 Å². The molecular formula is C15H26O3. The lowest BCUT2D eigenvalue weighted by atomic mass is 9.63. The van der Waals surface area contributed by atoms with Crippen molar-refractivity contribution in [3.05, 3.63) is 12.2 Å². The first-order chi connectivity index (χ1) is 8.63. The second-order valence-electron chi connectivity index (χ2n) is 6.06. The van der Waals surface area contributed by atoms with Crippen LogP contribution in [0.2, 0.25) is 0 Å². The van der Waals surface area contributed by atoms with Gasteiger partial charge in [-0.2, -0.15) is 0 Å². The molecule has 0 aliphatic heterocycles. The number of fused-ring (bicyclic) bond motifs is 1. The summed E-state index contributed by atoms with van der Waals surface area (Å²) in [6.07, 6.45) is 6.23. The number of hydrogen-bond acceptors (Lipinski definition) is 3. The molecule has 0 bridgehead atoms. The first kappa shape index (κ1) is 14.0.